The van der Waals surface area contributed by atoms with E-state index in [4.69, 9.17) is 4.74 Å². The van der Waals surface area contributed by atoms with E-state index in [0.717, 1.165) is 30.7 Å². The largest absolute Gasteiger partial charge is 0.482 e. The van der Waals surface area contributed by atoms with Crippen LogP contribution in [-0.4, -0.2) is 9.97 Å². The average Bonchev–Trinajstić information content (AvgIpc) is 3.28. The molecule has 1 aromatic heterocycles. The lowest BCUT2D eigenvalue weighted by Gasteiger charge is -2.29. The van der Waals surface area contributed by atoms with Crippen LogP contribution in [0.2, 0.25) is 0 Å². The van der Waals surface area contributed by atoms with Gasteiger partial charge in [0, 0.05) is 11.8 Å². The molecule has 0 atom stereocenters. The number of fused-ring (bicyclic) bond motifs is 1. The maximum Gasteiger partial charge on any atom is 0.293 e. The Kier molecular flexibility index (Phi) is 5.29. The van der Waals surface area contributed by atoms with Crippen molar-refractivity contribution in [3.63, 3.8) is 0 Å². The molecule has 3 aromatic carbocycles. The first-order valence-electron chi connectivity index (χ1n) is 11.0. The summed E-state index contributed by atoms with van der Waals surface area (Å²) in [5.41, 5.74) is 2.17. The van der Waals surface area contributed by atoms with Gasteiger partial charge in [0.05, 0.1) is 6.20 Å². The van der Waals surface area contributed by atoms with E-state index < -0.39 is 0 Å². The molecule has 0 spiro atoms. The third-order valence-corrected chi connectivity index (χ3v) is 6.48. The molecule has 1 N–H and O–H groups in total. The van der Waals surface area contributed by atoms with Crippen LogP contribution in [-0.2, 0) is 18.4 Å². The molecule has 0 unspecified atom stereocenters. The van der Waals surface area contributed by atoms with Gasteiger partial charge in [-0.25, -0.2) is 4.98 Å². The molecule has 1 aliphatic rings. The van der Waals surface area contributed by atoms with Crippen LogP contribution in [0.1, 0.15) is 42.6 Å². The van der Waals surface area contributed by atoms with Gasteiger partial charge >= 0.3 is 0 Å². The number of nitrogens with one attached hydrogen (secondary N) is 1. The number of aromatic nitrogens is 2. The summed E-state index contributed by atoms with van der Waals surface area (Å²) in [6, 6.07) is 25.1. The van der Waals surface area contributed by atoms with Gasteiger partial charge in [-0.2, -0.15) is 0 Å². The first-order valence-corrected chi connectivity index (χ1v) is 11.0. The Morgan fingerprint density at radius 3 is 2.42 bits per heavy atom. The molecule has 156 valence electrons. The first-order chi connectivity index (χ1) is 15.2. The van der Waals surface area contributed by atoms with Gasteiger partial charge in [-0.3, -0.25) is 4.79 Å². The predicted molar refractivity (Wildman–Crippen MR) is 123 cm³/mol. The molecule has 0 amide bonds. The van der Waals surface area contributed by atoms with Crippen molar-refractivity contribution in [2.45, 2.75) is 44.1 Å². The highest BCUT2D eigenvalue weighted by Gasteiger charge is 2.36. The van der Waals surface area contributed by atoms with Gasteiger partial charge in [0.2, 0.25) is 5.75 Å². The lowest BCUT2D eigenvalue weighted by molar-refractivity contribution is 0.299. The summed E-state index contributed by atoms with van der Waals surface area (Å²) in [6.45, 7) is 0.353. The highest BCUT2D eigenvalue weighted by molar-refractivity contribution is 5.83. The summed E-state index contributed by atoms with van der Waals surface area (Å²) < 4.78 is 5.70. The van der Waals surface area contributed by atoms with Crippen LogP contribution in [0.5, 0.6) is 5.75 Å². The third-order valence-electron chi connectivity index (χ3n) is 6.48. The quantitative estimate of drug-likeness (QED) is 0.453. The zero-order chi connectivity index (χ0) is 21.1. The van der Waals surface area contributed by atoms with E-state index in [1.807, 2.05) is 30.3 Å². The molecule has 0 aliphatic heterocycles. The molecule has 4 aromatic rings. The van der Waals surface area contributed by atoms with Crippen molar-refractivity contribution in [2.75, 3.05) is 0 Å². The third kappa shape index (κ3) is 4.11. The van der Waals surface area contributed by atoms with Crippen LogP contribution in [0.4, 0.5) is 0 Å². The van der Waals surface area contributed by atoms with Crippen LogP contribution in [0, 0.1) is 0 Å². The monoisotopic (exact) mass is 410 g/mol. The number of hydrogen-bond acceptors (Lipinski definition) is 3. The number of rotatable bonds is 6. The number of benzene rings is 3. The second kappa shape index (κ2) is 8.38. The van der Waals surface area contributed by atoms with Crippen molar-refractivity contribution in [3.8, 4) is 5.75 Å². The Morgan fingerprint density at radius 1 is 0.903 bits per heavy atom. The van der Waals surface area contributed by atoms with Gasteiger partial charge in [0.15, 0.2) is 0 Å². The van der Waals surface area contributed by atoms with E-state index in [1.165, 1.54) is 29.2 Å². The topological polar surface area (TPSA) is 55.0 Å². The second-order valence-corrected chi connectivity index (χ2v) is 8.52. The van der Waals surface area contributed by atoms with Crippen LogP contribution < -0.4 is 10.3 Å². The minimum atomic E-state index is -0.215. The lowest BCUT2D eigenvalue weighted by Crippen LogP contribution is -2.28. The van der Waals surface area contributed by atoms with E-state index in [9.17, 15) is 4.79 Å². The highest BCUT2D eigenvalue weighted by atomic mass is 16.5. The number of aromatic amines is 1. The smallest absolute Gasteiger partial charge is 0.293 e. The molecule has 1 heterocycles. The maximum atomic E-state index is 12.6. The van der Waals surface area contributed by atoms with E-state index >= 15 is 0 Å². The van der Waals surface area contributed by atoms with Crippen LogP contribution in [0.25, 0.3) is 10.8 Å². The van der Waals surface area contributed by atoms with Crippen LogP contribution in [0.15, 0.2) is 83.8 Å². The summed E-state index contributed by atoms with van der Waals surface area (Å²) in [5.74, 6) is 0.992. The highest BCUT2D eigenvalue weighted by Crippen LogP contribution is 2.43. The molecule has 4 nitrogen and oxygen atoms in total. The molecule has 0 saturated heterocycles. The Hall–Kier alpha value is -3.40. The SMILES string of the molecule is O=c1[nH]c(CC2(c3ccc4ccccc4c3)CCCC2)ncc1OCc1ccccc1. The molecule has 1 saturated carbocycles. The fourth-order valence-electron chi connectivity index (χ4n) is 4.81. The Bertz CT molecular complexity index is 1240. The molecule has 31 heavy (non-hydrogen) atoms. The maximum absolute atomic E-state index is 12.6. The molecule has 5 rings (SSSR count). The number of hydrogen-bond donors (Lipinski definition) is 1. The van der Waals surface area contributed by atoms with Crippen LogP contribution in [0.3, 0.4) is 0 Å². The van der Waals surface area contributed by atoms with Crippen LogP contribution >= 0.6 is 0 Å². The Balaban J connectivity index is 1.38. The van der Waals surface area contributed by atoms with Gasteiger partial charge in [0.1, 0.15) is 12.4 Å². The molecule has 0 radical (unpaired) electrons. The van der Waals surface area contributed by atoms with Gasteiger partial charge < -0.3 is 9.72 Å². The van der Waals surface area contributed by atoms with E-state index in [1.54, 1.807) is 6.20 Å². The van der Waals surface area contributed by atoms with Crippen molar-refractivity contribution < 1.29 is 4.74 Å². The fraction of sp³-hybridized carbons (Fsp3) is 0.259. The average molecular weight is 411 g/mol. The van der Waals surface area contributed by atoms with Crippen molar-refractivity contribution in [1.82, 2.24) is 9.97 Å². The molecule has 0 bridgehead atoms. The van der Waals surface area contributed by atoms with Gasteiger partial charge in [-0.1, -0.05) is 85.6 Å². The standard InChI is InChI=1S/C27H26N2O2/c30-26-24(31-19-20-8-2-1-3-9-20)18-28-25(29-26)17-27(14-6-7-15-27)23-13-12-21-10-4-5-11-22(21)16-23/h1-5,8-13,16,18H,6-7,14-15,17,19H2,(H,28,29,30). The zero-order valence-electron chi connectivity index (χ0n) is 17.5. The van der Waals surface area contributed by atoms with Crippen molar-refractivity contribution in [3.05, 3.63) is 106 Å². The van der Waals surface area contributed by atoms with Crippen molar-refractivity contribution in [2.24, 2.45) is 0 Å². The van der Waals surface area contributed by atoms with Gasteiger partial charge in [-0.05, 0) is 34.7 Å². The minimum Gasteiger partial charge on any atom is -0.482 e. The molecular weight excluding hydrogens is 384 g/mol. The fourth-order valence-corrected chi connectivity index (χ4v) is 4.81. The number of H-pyrrole nitrogens is 1. The number of nitrogens with zero attached hydrogens (tertiary/aromatic N) is 1. The summed E-state index contributed by atoms with van der Waals surface area (Å²) in [5, 5.41) is 2.52. The molecular formula is C27H26N2O2. The normalized spacial score (nSPS) is 15.2. The predicted octanol–water partition coefficient (Wildman–Crippen LogP) is 5.56. The van der Waals surface area contributed by atoms with E-state index in [0.29, 0.717) is 6.61 Å². The summed E-state index contributed by atoms with van der Waals surface area (Å²) in [6.07, 6.45) is 6.94. The van der Waals surface area contributed by atoms with Gasteiger partial charge in [0.25, 0.3) is 5.56 Å². The van der Waals surface area contributed by atoms with Crippen molar-refractivity contribution >= 4 is 10.8 Å². The van der Waals surface area contributed by atoms with Gasteiger partial charge in [-0.15, -0.1) is 0 Å². The minimum absolute atomic E-state index is 0.0202. The molecule has 1 aliphatic carbocycles. The summed E-state index contributed by atoms with van der Waals surface area (Å²) >= 11 is 0. The molecule has 1 fully saturated rings. The molecule has 4 heteroatoms. The van der Waals surface area contributed by atoms with E-state index in [2.05, 4.69) is 52.4 Å². The summed E-state index contributed by atoms with van der Waals surface area (Å²) in [7, 11) is 0. The summed E-state index contributed by atoms with van der Waals surface area (Å²) in [4.78, 5) is 20.2. The second-order valence-electron chi connectivity index (χ2n) is 8.52. The Labute approximate surface area is 181 Å². The lowest BCUT2D eigenvalue weighted by atomic mass is 9.75. The first kappa shape index (κ1) is 19.6. The zero-order valence-corrected chi connectivity index (χ0v) is 17.5. The number of ether oxygens (including phenoxy) is 1. The Morgan fingerprint density at radius 2 is 1.65 bits per heavy atom. The van der Waals surface area contributed by atoms with E-state index in [-0.39, 0.29) is 16.7 Å². The van der Waals surface area contributed by atoms with Crippen molar-refractivity contribution in [1.29, 1.82) is 0 Å².